The van der Waals surface area contributed by atoms with Crippen LogP contribution in [0.4, 0.5) is 10.5 Å². The maximum absolute atomic E-state index is 11.8. The number of anilines is 1. The van der Waals surface area contributed by atoms with Crippen molar-refractivity contribution in [2.45, 2.75) is 31.7 Å². The molecular formula is C13H15BrN2O3. The van der Waals surface area contributed by atoms with Crippen molar-refractivity contribution in [3.63, 3.8) is 0 Å². The van der Waals surface area contributed by atoms with Crippen LogP contribution in [0.5, 0.6) is 0 Å². The fraction of sp³-hybridized carbons (Fsp3) is 0.385. The van der Waals surface area contributed by atoms with Gasteiger partial charge in [-0.2, -0.15) is 0 Å². The SMILES string of the molecule is O=C(Nc1cc(Br)cc(C(=O)O)c1)NC1CCCC1. The third-order valence-electron chi connectivity index (χ3n) is 3.09. The Kier molecular flexibility index (Phi) is 4.42. The summed E-state index contributed by atoms with van der Waals surface area (Å²) in [7, 11) is 0. The summed E-state index contributed by atoms with van der Waals surface area (Å²) in [5.41, 5.74) is 0.591. The van der Waals surface area contributed by atoms with E-state index in [2.05, 4.69) is 26.6 Å². The monoisotopic (exact) mass is 326 g/mol. The van der Waals surface area contributed by atoms with E-state index < -0.39 is 5.97 Å². The van der Waals surface area contributed by atoms with Gasteiger partial charge in [-0.05, 0) is 31.0 Å². The number of hydrogen-bond donors (Lipinski definition) is 3. The number of carboxylic acid groups (broad SMARTS) is 1. The number of amides is 2. The Bertz CT molecular complexity index is 499. The van der Waals surface area contributed by atoms with Gasteiger partial charge in [-0.25, -0.2) is 9.59 Å². The van der Waals surface area contributed by atoms with E-state index in [0.29, 0.717) is 10.2 Å². The number of carboxylic acids is 1. The number of carbonyl (C=O) groups is 2. The smallest absolute Gasteiger partial charge is 0.335 e. The van der Waals surface area contributed by atoms with Crippen LogP contribution in [0.2, 0.25) is 0 Å². The predicted octanol–water partition coefficient (Wildman–Crippen LogP) is 3.21. The summed E-state index contributed by atoms with van der Waals surface area (Å²) in [6.45, 7) is 0. The van der Waals surface area contributed by atoms with Crippen LogP contribution in [0.25, 0.3) is 0 Å². The fourth-order valence-electron chi connectivity index (χ4n) is 2.21. The Morgan fingerprint density at radius 1 is 1.21 bits per heavy atom. The van der Waals surface area contributed by atoms with Crippen molar-refractivity contribution >= 4 is 33.6 Å². The van der Waals surface area contributed by atoms with E-state index >= 15 is 0 Å². The molecule has 0 radical (unpaired) electrons. The van der Waals surface area contributed by atoms with Crippen LogP contribution in [0.15, 0.2) is 22.7 Å². The van der Waals surface area contributed by atoms with Crippen LogP contribution in [-0.4, -0.2) is 23.1 Å². The van der Waals surface area contributed by atoms with Gasteiger partial charge in [0.1, 0.15) is 0 Å². The molecule has 0 aromatic heterocycles. The maximum atomic E-state index is 11.8. The quantitative estimate of drug-likeness (QED) is 0.798. The first-order valence-corrected chi connectivity index (χ1v) is 6.95. The summed E-state index contributed by atoms with van der Waals surface area (Å²) >= 11 is 3.22. The van der Waals surface area contributed by atoms with Crippen molar-refractivity contribution in [2.75, 3.05) is 5.32 Å². The first kappa shape index (κ1) is 13.9. The highest BCUT2D eigenvalue weighted by Gasteiger charge is 2.17. The Morgan fingerprint density at radius 3 is 2.53 bits per heavy atom. The zero-order chi connectivity index (χ0) is 13.8. The van der Waals surface area contributed by atoms with Gasteiger partial charge in [0.2, 0.25) is 0 Å². The standard InChI is InChI=1S/C13H15BrN2O3/c14-9-5-8(12(17)18)6-11(7-9)16-13(19)15-10-3-1-2-4-10/h5-7,10H,1-4H2,(H,17,18)(H2,15,16,19). The van der Waals surface area contributed by atoms with Crippen LogP contribution < -0.4 is 10.6 Å². The number of nitrogens with one attached hydrogen (secondary N) is 2. The van der Waals surface area contributed by atoms with Crippen LogP contribution in [0.3, 0.4) is 0 Å². The van der Waals surface area contributed by atoms with Gasteiger partial charge in [0.25, 0.3) is 0 Å². The van der Waals surface area contributed by atoms with Crippen molar-refractivity contribution in [2.24, 2.45) is 0 Å². The predicted molar refractivity (Wildman–Crippen MR) is 75.5 cm³/mol. The van der Waals surface area contributed by atoms with Gasteiger partial charge in [-0.3, -0.25) is 0 Å². The van der Waals surface area contributed by atoms with Crippen LogP contribution in [0, 0.1) is 0 Å². The molecule has 1 aliphatic rings. The summed E-state index contributed by atoms with van der Waals surface area (Å²) in [5.74, 6) is -1.03. The Hall–Kier alpha value is -1.56. The van der Waals surface area contributed by atoms with Crippen LogP contribution in [-0.2, 0) is 0 Å². The van der Waals surface area contributed by atoms with Gasteiger partial charge >= 0.3 is 12.0 Å². The zero-order valence-corrected chi connectivity index (χ0v) is 11.9. The molecule has 1 fully saturated rings. The van der Waals surface area contributed by atoms with E-state index in [1.54, 1.807) is 6.07 Å². The number of rotatable bonds is 3. The minimum atomic E-state index is -1.03. The largest absolute Gasteiger partial charge is 0.478 e. The third-order valence-corrected chi connectivity index (χ3v) is 3.55. The van der Waals surface area contributed by atoms with Gasteiger partial charge in [0.15, 0.2) is 0 Å². The van der Waals surface area contributed by atoms with E-state index in [1.165, 1.54) is 12.1 Å². The topological polar surface area (TPSA) is 78.4 Å². The lowest BCUT2D eigenvalue weighted by atomic mass is 10.2. The molecule has 19 heavy (non-hydrogen) atoms. The molecule has 0 unspecified atom stereocenters. The lowest BCUT2D eigenvalue weighted by molar-refractivity contribution is 0.0697. The summed E-state index contributed by atoms with van der Waals surface area (Å²) in [5, 5.41) is 14.5. The number of carbonyl (C=O) groups excluding carboxylic acids is 1. The van der Waals surface area contributed by atoms with Gasteiger partial charge in [-0.1, -0.05) is 28.8 Å². The van der Waals surface area contributed by atoms with Crippen molar-refractivity contribution in [1.82, 2.24) is 5.32 Å². The van der Waals surface area contributed by atoms with Crippen LogP contribution >= 0.6 is 15.9 Å². The molecule has 0 atom stereocenters. The van der Waals surface area contributed by atoms with Crippen molar-refractivity contribution in [3.8, 4) is 0 Å². The number of halogens is 1. The van der Waals surface area contributed by atoms with Crippen molar-refractivity contribution in [1.29, 1.82) is 0 Å². The average Bonchev–Trinajstić information content (AvgIpc) is 2.80. The van der Waals surface area contributed by atoms with Crippen LogP contribution in [0.1, 0.15) is 36.0 Å². The Labute approximate surface area is 119 Å². The molecule has 0 saturated heterocycles. The molecule has 1 saturated carbocycles. The molecule has 6 heteroatoms. The molecule has 1 aromatic rings. The molecule has 102 valence electrons. The molecule has 0 spiro atoms. The second-order valence-corrected chi connectivity index (χ2v) is 5.53. The minimum absolute atomic E-state index is 0.130. The molecule has 3 N–H and O–H groups in total. The van der Waals surface area contributed by atoms with Gasteiger partial charge in [0, 0.05) is 16.2 Å². The highest BCUT2D eigenvalue weighted by atomic mass is 79.9. The minimum Gasteiger partial charge on any atom is -0.478 e. The molecule has 2 rings (SSSR count). The second-order valence-electron chi connectivity index (χ2n) is 4.61. The lowest BCUT2D eigenvalue weighted by Crippen LogP contribution is -2.36. The summed E-state index contributed by atoms with van der Waals surface area (Å²) < 4.78 is 0.614. The van der Waals surface area contributed by atoms with Gasteiger partial charge in [-0.15, -0.1) is 0 Å². The Balaban J connectivity index is 2.01. The van der Waals surface area contributed by atoms with Crippen molar-refractivity contribution < 1.29 is 14.7 Å². The normalized spacial score (nSPS) is 15.2. The molecule has 1 aliphatic carbocycles. The van der Waals surface area contributed by atoms with E-state index in [1.807, 2.05) is 0 Å². The third kappa shape index (κ3) is 3.96. The molecular weight excluding hydrogens is 312 g/mol. The zero-order valence-electron chi connectivity index (χ0n) is 10.3. The van der Waals surface area contributed by atoms with Gasteiger partial charge < -0.3 is 15.7 Å². The van der Waals surface area contributed by atoms with E-state index in [4.69, 9.17) is 5.11 Å². The average molecular weight is 327 g/mol. The highest BCUT2D eigenvalue weighted by molar-refractivity contribution is 9.10. The molecule has 0 bridgehead atoms. The molecule has 0 aliphatic heterocycles. The highest BCUT2D eigenvalue weighted by Crippen LogP contribution is 2.21. The Morgan fingerprint density at radius 2 is 1.89 bits per heavy atom. The van der Waals surface area contributed by atoms with Gasteiger partial charge in [0.05, 0.1) is 5.56 Å². The number of hydrogen-bond acceptors (Lipinski definition) is 2. The first-order chi connectivity index (χ1) is 9.04. The summed E-state index contributed by atoms with van der Waals surface area (Å²) in [4.78, 5) is 22.7. The number of aromatic carboxylic acids is 1. The number of urea groups is 1. The summed E-state index contributed by atoms with van der Waals surface area (Å²) in [6, 6.07) is 4.53. The molecule has 5 nitrogen and oxygen atoms in total. The van der Waals surface area contributed by atoms with Crippen molar-refractivity contribution in [3.05, 3.63) is 28.2 Å². The lowest BCUT2D eigenvalue weighted by Gasteiger charge is -2.13. The molecule has 1 aromatic carbocycles. The molecule has 2 amide bonds. The second kappa shape index (κ2) is 6.06. The van der Waals surface area contributed by atoms with E-state index in [9.17, 15) is 9.59 Å². The van der Waals surface area contributed by atoms with E-state index in [-0.39, 0.29) is 17.6 Å². The van der Waals surface area contributed by atoms with E-state index in [0.717, 1.165) is 25.7 Å². The molecule has 0 heterocycles. The number of benzene rings is 1. The first-order valence-electron chi connectivity index (χ1n) is 6.16. The fourth-order valence-corrected chi connectivity index (χ4v) is 2.70. The summed E-state index contributed by atoms with van der Waals surface area (Å²) in [6.07, 6.45) is 4.30. The maximum Gasteiger partial charge on any atom is 0.335 e.